The van der Waals surface area contributed by atoms with Crippen LogP contribution in [0.4, 0.5) is 0 Å². The third kappa shape index (κ3) is 2.52. The van der Waals surface area contributed by atoms with Gasteiger partial charge in [-0.1, -0.05) is 6.07 Å². The minimum atomic E-state index is -0.714. The van der Waals surface area contributed by atoms with Crippen LogP contribution in [0, 0.1) is 5.92 Å². The summed E-state index contributed by atoms with van der Waals surface area (Å²) >= 11 is 0. The third-order valence-electron chi connectivity index (χ3n) is 3.61. The molecule has 0 aliphatic heterocycles. The van der Waals surface area contributed by atoms with Crippen molar-refractivity contribution in [2.24, 2.45) is 5.92 Å². The number of carboxylic acids is 1. The fourth-order valence-electron chi connectivity index (χ4n) is 2.59. The topological polar surface area (TPSA) is 59.4 Å². The molecule has 1 aliphatic carbocycles. The van der Waals surface area contributed by atoms with Crippen LogP contribution in [0.15, 0.2) is 36.5 Å². The first-order chi connectivity index (χ1) is 9.22. The molecule has 19 heavy (non-hydrogen) atoms. The molecule has 1 aromatic carbocycles. The Kier molecular flexibility index (Phi) is 3.07. The second-order valence-electron chi connectivity index (χ2n) is 4.95. The Balaban J connectivity index is 1.73. The number of ether oxygens (including phenoxy) is 1. The smallest absolute Gasteiger partial charge is 0.306 e. The number of nitrogens with zero attached hydrogens (tertiary/aromatic N) is 1. The van der Waals surface area contributed by atoms with Gasteiger partial charge >= 0.3 is 5.97 Å². The van der Waals surface area contributed by atoms with Crippen LogP contribution in [-0.4, -0.2) is 22.2 Å². The van der Waals surface area contributed by atoms with Gasteiger partial charge in [-0.2, -0.15) is 0 Å². The van der Waals surface area contributed by atoms with Gasteiger partial charge in [0.05, 0.1) is 17.5 Å². The van der Waals surface area contributed by atoms with E-state index in [1.54, 1.807) is 6.20 Å². The number of aromatic nitrogens is 1. The van der Waals surface area contributed by atoms with Gasteiger partial charge in [-0.3, -0.25) is 9.78 Å². The minimum absolute atomic E-state index is 0.00946. The molecule has 0 amide bonds. The molecule has 4 heteroatoms. The first-order valence-electron chi connectivity index (χ1n) is 6.46. The van der Waals surface area contributed by atoms with Gasteiger partial charge in [0, 0.05) is 11.6 Å². The van der Waals surface area contributed by atoms with E-state index in [0.717, 1.165) is 23.1 Å². The predicted octanol–water partition coefficient (Wildman–Crippen LogP) is 2.87. The Labute approximate surface area is 111 Å². The number of fused-ring (bicyclic) bond motifs is 1. The summed E-state index contributed by atoms with van der Waals surface area (Å²) in [5.41, 5.74) is 0.935. The Morgan fingerprint density at radius 2 is 2.21 bits per heavy atom. The van der Waals surface area contributed by atoms with Gasteiger partial charge in [0.15, 0.2) is 0 Å². The SMILES string of the molecule is O=C(O)C1CCC(Oc2ccc3ncccc3c2)C1. The van der Waals surface area contributed by atoms with Gasteiger partial charge in [-0.15, -0.1) is 0 Å². The van der Waals surface area contributed by atoms with Crippen molar-refractivity contribution in [1.82, 2.24) is 4.98 Å². The van der Waals surface area contributed by atoms with Crippen molar-refractivity contribution in [2.45, 2.75) is 25.4 Å². The lowest BCUT2D eigenvalue weighted by atomic mass is 10.1. The van der Waals surface area contributed by atoms with Crippen LogP contribution in [-0.2, 0) is 4.79 Å². The number of hydrogen-bond acceptors (Lipinski definition) is 3. The number of carbonyl (C=O) groups is 1. The number of pyridine rings is 1. The van der Waals surface area contributed by atoms with Crippen LogP contribution >= 0.6 is 0 Å². The Hall–Kier alpha value is -2.10. The molecular weight excluding hydrogens is 242 g/mol. The molecule has 0 bridgehead atoms. The first kappa shape index (κ1) is 12.0. The zero-order valence-electron chi connectivity index (χ0n) is 10.5. The van der Waals surface area contributed by atoms with Crippen LogP contribution in [0.5, 0.6) is 5.75 Å². The quantitative estimate of drug-likeness (QED) is 0.918. The summed E-state index contributed by atoms with van der Waals surface area (Å²) in [5.74, 6) is -0.183. The molecular formula is C15H15NO3. The van der Waals surface area contributed by atoms with Crippen LogP contribution in [0.2, 0.25) is 0 Å². The normalized spacial score (nSPS) is 22.5. The van der Waals surface area contributed by atoms with Crippen LogP contribution in [0.1, 0.15) is 19.3 Å². The van der Waals surface area contributed by atoms with Gasteiger partial charge in [-0.25, -0.2) is 0 Å². The van der Waals surface area contributed by atoms with Crippen LogP contribution < -0.4 is 4.74 Å². The second-order valence-corrected chi connectivity index (χ2v) is 4.95. The van der Waals surface area contributed by atoms with E-state index in [2.05, 4.69) is 4.98 Å². The molecule has 1 aromatic heterocycles. The lowest BCUT2D eigenvalue weighted by Gasteiger charge is -2.13. The lowest BCUT2D eigenvalue weighted by molar-refractivity contribution is -0.141. The number of hydrogen-bond donors (Lipinski definition) is 1. The van der Waals surface area contributed by atoms with E-state index in [-0.39, 0.29) is 12.0 Å². The summed E-state index contributed by atoms with van der Waals surface area (Å²) < 4.78 is 5.87. The number of carboxylic acid groups (broad SMARTS) is 1. The summed E-state index contributed by atoms with van der Waals surface area (Å²) in [4.78, 5) is 15.2. The fourth-order valence-corrected chi connectivity index (χ4v) is 2.59. The largest absolute Gasteiger partial charge is 0.490 e. The highest BCUT2D eigenvalue weighted by molar-refractivity contribution is 5.79. The average Bonchev–Trinajstić information content (AvgIpc) is 2.87. The highest BCUT2D eigenvalue weighted by atomic mass is 16.5. The molecule has 1 N–H and O–H groups in total. The van der Waals surface area contributed by atoms with Crippen molar-refractivity contribution in [2.75, 3.05) is 0 Å². The molecule has 4 nitrogen and oxygen atoms in total. The van der Waals surface area contributed by atoms with Crippen molar-refractivity contribution in [1.29, 1.82) is 0 Å². The molecule has 1 aliphatic rings. The zero-order valence-corrected chi connectivity index (χ0v) is 10.5. The lowest BCUT2D eigenvalue weighted by Crippen LogP contribution is -2.15. The predicted molar refractivity (Wildman–Crippen MR) is 71.1 cm³/mol. The van der Waals surface area contributed by atoms with Crippen molar-refractivity contribution >= 4 is 16.9 Å². The highest BCUT2D eigenvalue weighted by Gasteiger charge is 2.30. The van der Waals surface area contributed by atoms with Gasteiger partial charge in [0.1, 0.15) is 5.75 Å². The van der Waals surface area contributed by atoms with Crippen molar-refractivity contribution in [3.05, 3.63) is 36.5 Å². The van der Waals surface area contributed by atoms with E-state index in [1.807, 2.05) is 30.3 Å². The molecule has 0 saturated heterocycles. The van der Waals surface area contributed by atoms with Crippen molar-refractivity contribution in [3.63, 3.8) is 0 Å². The zero-order chi connectivity index (χ0) is 13.2. The summed E-state index contributed by atoms with van der Waals surface area (Å²) in [6.07, 6.45) is 3.88. The molecule has 2 unspecified atom stereocenters. The maximum Gasteiger partial charge on any atom is 0.306 e. The molecule has 2 atom stereocenters. The third-order valence-corrected chi connectivity index (χ3v) is 3.61. The Bertz CT molecular complexity index is 611. The highest BCUT2D eigenvalue weighted by Crippen LogP contribution is 2.30. The Morgan fingerprint density at radius 3 is 3.00 bits per heavy atom. The van der Waals surface area contributed by atoms with E-state index < -0.39 is 5.97 Å². The van der Waals surface area contributed by atoms with E-state index >= 15 is 0 Å². The number of rotatable bonds is 3. The monoisotopic (exact) mass is 257 g/mol. The van der Waals surface area contributed by atoms with E-state index in [9.17, 15) is 4.79 Å². The van der Waals surface area contributed by atoms with E-state index in [1.165, 1.54) is 0 Å². The van der Waals surface area contributed by atoms with E-state index in [4.69, 9.17) is 9.84 Å². The fraction of sp³-hybridized carbons (Fsp3) is 0.333. The van der Waals surface area contributed by atoms with Crippen LogP contribution in [0.25, 0.3) is 10.9 Å². The maximum atomic E-state index is 10.9. The van der Waals surface area contributed by atoms with Crippen molar-refractivity contribution in [3.8, 4) is 5.75 Å². The van der Waals surface area contributed by atoms with Gasteiger partial charge in [0.25, 0.3) is 0 Å². The Morgan fingerprint density at radius 1 is 1.32 bits per heavy atom. The number of aliphatic carboxylic acids is 1. The summed E-state index contributed by atoms with van der Waals surface area (Å²) in [5, 5.41) is 10.0. The standard InChI is InChI=1S/C15H15NO3/c17-15(18)11-3-4-12(9-11)19-13-5-6-14-10(8-13)2-1-7-16-14/h1-2,5-8,11-12H,3-4,9H2,(H,17,18). The van der Waals surface area contributed by atoms with E-state index in [0.29, 0.717) is 12.8 Å². The summed E-state index contributed by atoms with van der Waals surface area (Å²) in [7, 11) is 0. The molecule has 0 spiro atoms. The molecule has 1 fully saturated rings. The minimum Gasteiger partial charge on any atom is -0.490 e. The summed E-state index contributed by atoms with van der Waals surface area (Å²) in [6.45, 7) is 0. The van der Waals surface area contributed by atoms with Gasteiger partial charge in [0.2, 0.25) is 0 Å². The van der Waals surface area contributed by atoms with Gasteiger partial charge < -0.3 is 9.84 Å². The molecule has 3 rings (SSSR count). The molecule has 1 heterocycles. The first-order valence-corrected chi connectivity index (χ1v) is 6.46. The van der Waals surface area contributed by atoms with Crippen LogP contribution in [0.3, 0.4) is 0 Å². The molecule has 98 valence electrons. The van der Waals surface area contributed by atoms with Gasteiger partial charge in [-0.05, 0) is 43.5 Å². The number of benzene rings is 1. The molecule has 2 aromatic rings. The second kappa shape index (κ2) is 4.88. The van der Waals surface area contributed by atoms with Crippen molar-refractivity contribution < 1.29 is 14.6 Å². The molecule has 1 saturated carbocycles. The average molecular weight is 257 g/mol. The summed E-state index contributed by atoms with van der Waals surface area (Å²) in [6, 6.07) is 9.65. The molecule has 0 radical (unpaired) electrons. The maximum absolute atomic E-state index is 10.9.